The SMILES string of the molecule is COc1ccc(-c2cc(=O)c3c(O)c(O)c(O[C@H]4O[C@@H](COC(C)=O)[C@H](O)[C@@H](O)[C@@H]4O[C@@H]4O[C@H](C)[C@H](O)[C@@H](O)[C@@H]4O)cc3o2)cc1O. The topological polar surface area (TPSA) is 264 Å². The Kier molecular flexibility index (Phi) is 9.81. The fourth-order valence-corrected chi connectivity index (χ4v) is 5.23. The van der Waals surface area contributed by atoms with Gasteiger partial charge in [-0.05, 0) is 25.1 Å². The van der Waals surface area contributed by atoms with Crippen molar-refractivity contribution < 1.29 is 78.5 Å². The average Bonchev–Trinajstić information content (AvgIpc) is 3.03. The van der Waals surface area contributed by atoms with Crippen molar-refractivity contribution in [3.05, 3.63) is 40.6 Å². The number of rotatable bonds is 8. The lowest BCUT2D eigenvalue weighted by Gasteiger charge is -2.45. The van der Waals surface area contributed by atoms with Crippen molar-refractivity contribution in [1.82, 2.24) is 0 Å². The van der Waals surface area contributed by atoms with Crippen molar-refractivity contribution in [2.45, 2.75) is 75.3 Å². The van der Waals surface area contributed by atoms with Gasteiger partial charge in [0.05, 0.1) is 13.2 Å². The zero-order chi connectivity index (χ0) is 34.3. The molecule has 2 aromatic carbocycles. The van der Waals surface area contributed by atoms with Crippen LogP contribution < -0.4 is 14.9 Å². The number of esters is 1. The molecule has 47 heavy (non-hydrogen) atoms. The Balaban J connectivity index is 1.53. The fourth-order valence-electron chi connectivity index (χ4n) is 5.23. The number of hydrogen-bond donors (Lipinski definition) is 8. The molecule has 0 saturated carbocycles. The van der Waals surface area contributed by atoms with E-state index in [1.807, 2.05) is 0 Å². The summed E-state index contributed by atoms with van der Waals surface area (Å²) in [5, 5.41) is 84.0. The Morgan fingerprint density at radius 2 is 1.57 bits per heavy atom. The maximum absolute atomic E-state index is 13.0. The van der Waals surface area contributed by atoms with Gasteiger partial charge >= 0.3 is 5.97 Å². The van der Waals surface area contributed by atoms with Crippen LogP contribution in [0.25, 0.3) is 22.3 Å². The van der Waals surface area contributed by atoms with Crippen LogP contribution in [0.1, 0.15) is 13.8 Å². The Labute approximate surface area is 265 Å². The molecule has 3 aromatic rings. The molecule has 2 fully saturated rings. The number of carbonyl (C=O) groups is 1. The van der Waals surface area contributed by atoms with Gasteiger partial charge in [0.2, 0.25) is 12.0 Å². The number of phenols is 3. The summed E-state index contributed by atoms with van der Waals surface area (Å²) in [6.07, 6.45) is -16.5. The van der Waals surface area contributed by atoms with Crippen LogP contribution in [0.4, 0.5) is 0 Å². The first kappa shape index (κ1) is 34.1. The van der Waals surface area contributed by atoms with Crippen LogP contribution in [0.2, 0.25) is 0 Å². The van der Waals surface area contributed by atoms with Crippen molar-refractivity contribution in [3.8, 4) is 40.1 Å². The molecule has 17 heteroatoms. The van der Waals surface area contributed by atoms with E-state index in [-0.39, 0.29) is 28.4 Å². The maximum Gasteiger partial charge on any atom is 0.302 e. The average molecular weight is 667 g/mol. The van der Waals surface area contributed by atoms with E-state index >= 15 is 0 Å². The summed E-state index contributed by atoms with van der Waals surface area (Å²) in [6.45, 7) is 1.92. The Bertz CT molecular complexity index is 1670. The van der Waals surface area contributed by atoms with Gasteiger partial charge in [-0.25, -0.2) is 0 Å². The number of aliphatic hydroxyl groups excluding tert-OH is 5. The first-order chi connectivity index (χ1) is 22.2. The second kappa shape index (κ2) is 13.5. The number of ether oxygens (including phenoxy) is 6. The molecule has 8 N–H and O–H groups in total. The van der Waals surface area contributed by atoms with E-state index in [9.17, 15) is 50.4 Å². The number of fused-ring (bicyclic) bond motifs is 1. The molecule has 2 aliphatic heterocycles. The van der Waals surface area contributed by atoms with Gasteiger partial charge < -0.3 is 73.7 Å². The highest BCUT2D eigenvalue weighted by Crippen LogP contribution is 2.43. The minimum absolute atomic E-state index is 0.0510. The fraction of sp³-hybridized carbons (Fsp3) is 0.467. The molecule has 2 saturated heterocycles. The maximum atomic E-state index is 13.0. The van der Waals surface area contributed by atoms with Crippen LogP contribution >= 0.6 is 0 Å². The molecule has 0 spiro atoms. The third-order valence-electron chi connectivity index (χ3n) is 7.83. The zero-order valence-corrected chi connectivity index (χ0v) is 25.1. The van der Waals surface area contributed by atoms with E-state index in [0.717, 1.165) is 19.1 Å². The molecular weight excluding hydrogens is 632 g/mol. The van der Waals surface area contributed by atoms with Gasteiger partial charge in [-0.15, -0.1) is 0 Å². The van der Waals surface area contributed by atoms with Crippen molar-refractivity contribution in [2.24, 2.45) is 0 Å². The first-order valence-corrected chi connectivity index (χ1v) is 14.3. The molecule has 0 radical (unpaired) electrons. The molecule has 1 aromatic heterocycles. The number of benzene rings is 2. The molecule has 10 atom stereocenters. The summed E-state index contributed by atoms with van der Waals surface area (Å²) < 4.78 is 38.4. The lowest BCUT2D eigenvalue weighted by molar-refractivity contribution is -0.354. The molecule has 5 rings (SSSR count). The van der Waals surface area contributed by atoms with Crippen molar-refractivity contribution >= 4 is 16.9 Å². The second-order valence-electron chi connectivity index (χ2n) is 11.0. The van der Waals surface area contributed by atoms with Crippen LogP contribution in [0.3, 0.4) is 0 Å². The number of phenolic OH excluding ortho intramolecular Hbond substituents is 3. The highest BCUT2D eigenvalue weighted by molar-refractivity contribution is 5.89. The summed E-state index contributed by atoms with van der Waals surface area (Å²) in [5.74, 6) is -3.36. The summed E-state index contributed by atoms with van der Waals surface area (Å²) >= 11 is 0. The molecule has 0 aliphatic carbocycles. The minimum atomic E-state index is -1.90. The number of carbonyl (C=O) groups excluding carboxylic acids is 1. The van der Waals surface area contributed by atoms with Crippen LogP contribution in [-0.4, -0.2) is 122 Å². The molecule has 2 aliphatic rings. The van der Waals surface area contributed by atoms with Gasteiger partial charge in [0.25, 0.3) is 0 Å². The first-order valence-electron chi connectivity index (χ1n) is 14.3. The lowest BCUT2D eigenvalue weighted by Crippen LogP contribution is -2.64. The number of hydrogen-bond acceptors (Lipinski definition) is 17. The van der Waals surface area contributed by atoms with Gasteiger partial charge in [0.1, 0.15) is 60.0 Å². The Morgan fingerprint density at radius 1 is 0.851 bits per heavy atom. The van der Waals surface area contributed by atoms with Crippen molar-refractivity contribution in [3.63, 3.8) is 0 Å². The lowest BCUT2D eigenvalue weighted by atomic mass is 9.97. The summed E-state index contributed by atoms with van der Waals surface area (Å²) in [6, 6.07) is 6.24. The van der Waals surface area contributed by atoms with Crippen LogP contribution in [0, 0.1) is 0 Å². The highest BCUT2D eigenvalue weighted by atomic mass is 16.8. The summed E-state index contributed by atoms with van der Waals surface area (Å²) in [4.78, 5) is 24.4. The molecule has 17 nitrogen and oxygen atoms in total. The van der Waals surface area contributed by atoms with Gasteiger partial charge in [0, 0.05) is 24.6 Å². The molecule has 256 valence electrons. The molecule has 0 bridgehead atoms. The zero-order valence-electron chi connectivity index (χ0n) is 25.1. The second-order valence-corrected chi connectivity index (χ2v) is 11.0. The molecular formula is C30H34O17. The van der Waals surface area contributed by atoms with Crippen molar-refractivity contribution in [2.75, 3.05) is 13.7 Å². The Hall–Kier alpha value is -4.20. The van der Waals surface area contributed by atoms with E-state index in [4.69, 9.17) is 32.8 Å². The minimum Gasteiger partial charge on any atom is -0.504 e. The third kappa shape index (κ3) is 6.65. The van der Waals surface area contributed by atoms with E-state index < -0.39 is 102 Å². The highest BCUT2D eigenvalue weighted by Gasteiger charge is 2.51. The normalized spacial score (nSPS) is 31.0. The van der Waals surface area contributed by atoms with Gasteiger partial charge in [-0.3, -0.25) is 9.59 Å². The Morgan fingerprint density at radius 3 is 2.23 bits per heavy atom. The van der Waals surface area contributed by atoms with Gasteiger partial charge in [-0.2, -0.15) is 0 Å². The molecule has 0 amide bonds. The quantitative estimate of drug-likeness (QED) is 0.108. The van der Waals surface area contributed by atoms with Gasteiger partial charge in [0.15, 0.2) is 40.8 Å². The van der Waals surface area contributed by atoms with Crippen molar-refractivity contribution in [1.29, 1.82) is 0 Å². The van der Waals surface area contributed by atoms with Crippen LogP contribution in [-0.2, 0) is 23.7 Å². The summed E-state index contributed by atoms with van der Waals surface area (Å²) in [5.41, 5.74) is -0.820. The predicted octanol–water partition coefficient (Wildman–Crippen LogP) is -0.813. The molecule has 0 unspecified atom stereocenters. The predicted molar refractivity (Wildman–Crippen MR) is 155 cm³/mol. The monoisotopic (exact) mass is 666 g/mol. The van der Waals surface area contributed by atoms with E-state index in [1.165, 1.54) is 32.2 Å². The van der Waals surface area contributed by atoms with E-state index in [0.29, 0.717) is 0 Å². The third-order valence-corrected chi connectivity index (χ3v) is 7.83. The number of aliphatic hydroxyl groups is 5. The number of aromatic hydroxyl groups is 3. The van der Waals surface area contributed by atoms with Gasteiger partial charge in [-0.1, -0.05) is 0 Å². The van der Waals surface area contributed by atoms with Crippen LogP contribution in [0.5, 0.6) is 28.7 Å². The summed E-state index contributed by atoms with van der Waals surface area (Å²) in [7, 11) is 1.35. The van der Waals surface area contributed by atoms with E-state index in [1.54, 1.807) is 0 Å². The van der Waals surface area contributed by atoms with Crippen LogP contribution in [0.15, 0.2) is 39.5 Å². The molecule has 3 heterocycles. The standard InChI is InChI=1S/C30H34O17/c1-10-21(34)25(38)27(40)29(43-10)47-28-26(39)23(36)19(9-42-11(2)31)46-30(28)45-18-8-17-20(24(37)22(18)35)14(33)7-16(44-17)12-4-5-15(41-3)13(32)6-12/h4-8,10,19,21,23,25-30,32,34-40H,9H2,1-3H3/t10-,19+,21+,23+,25-,26-,27+,28+,29+,30+/m1/s1. The van der Waals surface area contributed by atoms with E-state index in [2.05, 4.69) is 0 Å². The smallest absolute Gasteiger partial charge is 0.302 e. The largest absolute Gasteiger partial charge is 0.504 e. The number of methoxy groups -OCH3 is 1.